The number of aromatic carboxylic acids is 1. The lowest BCUT2D eigenvalue weighted by atomic mass is 10.1. The van der Waals surface area contributed by atoms with E-state index >= 15 is 0 Å². The predicted octanol–water partition coefficient (Wildman–Crippen LogP) is 3.11. The Hall–Kier alpha value is -1.73. The van der Waals surface area contributed by atoms with Crippen molar-refractivity contribution in [2.24, 2.45) is 5.41 Å². The first-order valence-electron chi connectivity index (χ1n) is 5.59. The molecule has 2 rings (SSSR count). The maximum absolute atomic E-state index is 10.9. The summed E-state index contributed by atoms with van der Waals surface area (Å²) in [5.41, 5.74) is -0.00286. The molecule has 0 spiro atoms. The zero-order valence-corrected chi connectivity index (χ0v) is 10.4. The molecule has 1 fully saturated rings. The van der Waals surface area contributed by atoms with E-state index < -0.39 is 5.97 Å². The van der Waals surface area contributed by atoms with Crippen LogP contribution in [0.15, 0.2) is 18.2 Å². The number of carbonyl (C=O) groups is 1. The Labute approximate surface area is 110 Å². The van der Waals surface area contributed by atoms with E-state index in [4.69, 9.17) is 26.7 Å². The molecule has 5 heteroatoms. The average Bonchev–Trinajstić information content (AvgIpc) is 3.08. The third kappa shape index (κ3) is 2.74. The molecule has 0 atom stereocenters. The van der Waals surface area contributed by atoms with E-state index in [0.29, 0.717) is 18.8 Å². The number of benzene rings is 1. The van der Waals surface area contributed by atoms with Crippen molar-refractivity contribution in [3.63, 3.8) is 0 Å². The summed E-state index contributed by atoms with van der Waals surface area (Å²) < 4.78 is 5.56. The van der Waals surface area contributed by atoms with Gasteiger partial charge in [-0.25, -0.2) is 4.79 Å². The second-order valence-electron chi connectivity index (χ2n) is 4.57. The van der Waals surface area contributed by atoms with Crippen molar-refractivity contribution < 1.29 is 14.6 Å². The minimum Gasteiger partial charge on any atom is -0.493 e. The van der Waals surface area contributed by atoms with Crippen LogP contribution in [-0.4, -0.2) is 17.7 Å². The predicted molar refractivity (Wildman–Crippen MR) is 65.8 cm³/mol. The molecule has 1 aromatic rings. The van der Waals surface area contributed by atoms with Crippen molar-refractivity contribution in [1.29, 1.82) is 5.26 Å². The summed E-state index contributed by atoms with van der Waals surface area (Å²) in [6, 6.07) is 6.70. The van der Waals surface area contributed by atoms with Gasteiger partial charge in [0.25, 0.3) is 0 Å². The lowest BCUT2D eigenvalue weighted by Crippen LogP contribution is -2.12. The third-order valence-electron chi connectivity index (χ3n) is 3.12. The molecule has 0 aromatic heterocycles. The highest BCUT2D eigenvalue weighted by atomic mass is 35.5. The number of hydrogen-bond donors (Lipinski definition) is 1. The van der Waals surface area contributed by atoms with Gasteiger partial charge in [-0.3, -0.25) is 0 Å². The van der Waals surface area contributed by atoms with E-state index in [-0.39, 0.29) is 16.0 Å². The van der Waals surface area contributed by atoms with Gasteiger partial charge in [-0.2, -0.15) is 5.26 Å². The fourth-order valence-corrected chi connectivity index (χ4v) is 1.91. The van der Waals surface area contributed by atoms with Gasteiger partial charge >= 0.3 is 5.97 Å². The fourth-order valence-electron chi connectivity index (χ4n) is 1.71. The standard InChI is InChI=1S/C13H12ClNO3/c14-11-2-1-9(7-10(11)12(16)17)18-8-13(3-4-13)5-6-15/h1-2,7H,3-5,8H2,(H,16,17). The average molecular weight is 266 g/mol. The van der Waals surface area contributed by atoms with Crippen LogP contribution in [0, 0.1) is 16.7 Å². The fraction of sp³-hybridized carbons (Fsp3) is 0.385. The van der Waals surface area contributed by atoms with Crippen LogP contribution in [0.5, 0.6) is 5.75 Å². The van der Waals surface area contributed by atoms with Crippen LogP contribution in [0.4, 0.5) is 0 Å². The van der Waals surface area contributed by atoms with Gasteiger partial charge in [0.1, 0.15) is 5.75 Å². The smallest absolute Gasteiger partial charge is 0.337 e. The highest BCUT2D eigenvalue weighted by Crippen LogP contribution is 2.48. The number of carboxylic acids is 1. The van der Waals surface area contributed by atoms with Crippen molar-refractivity contribution >= 4 is 17.6 Å². The Morgan fingerprint density at radius 1 is 1.56 bits per heavy atom. The Bertz CT molecular complexity index is 517. The molecule has 0 saturated heterocycles. The lowest BCUT2D eigenvalue weighted by molar-refractivity contribution is 0.0696. The van der Waals surface area contributed by atoms with Crippen LogP contribution in [0.3, 0.4) is 0 Å². The molecule has 0 radical (unpaired) electrons. The largest absolute Gasteiger partial charge is 0.493 e. The van der Waals surface area contributed by atoms with Crippen LogP contribution in [-0.2, 0) is 0 Å². The monoisotopic (exact) mass is 265 g/mol. The van der Waals surface area contributed by atoms with Crippen LogP contribution in [0.2, 0.25) is 5.02 Å². The Morgan fingerprint density at radius 3 is 2.83 bits per heavy atom. The van der Waals surface area contributed by atoms with Gasteiger partial charge in [-0.1, -0.05) is 11.6 Å². The van der Waals surface area contributed by atoms with Crippen molar-refractivity contribution in [3.05, 3.63) is 28.8 Å². The van der Waals surface area contributed by atoms with Gasteiger partial charge in [0, 0.05) is 11.8 Å². The molecule has 18 heavy (non-hydrogen) atoms. The second kappa shape index (κ2) is 4.87. The first-order valence-corrected chi connectivity index (χ1v) is 5.97. The van der Waals surface area contributed by atoms with E-state index in [1.807, 2.05) is 0 Å². The zero-order valence-electron chi connectivity index (χ0n) is 9.65. The molecule has 0 aliphatic heterocycles. The third-order valence-corrected chi connectivity index (χ3v) is 3.45. The van der Waals surface area contributed by atoms with E-state index in [0.717, 1.165) is 12.8 Å². The topological polar surface area (TPSA) is 70.3 Å². The molecule has 4 nitrogen and oxygen atoms in total. The second-order valence-corrected chi connectivity index (χ2v) is 4.98. The number of ether oxygens (including phenoxy) is 1. The molecule has 1 saturated carbocycles. The molecule has 1 N–H and O–H groups in total. The number of carboxylic acid groups (broad SMARTS) is 1. The number of nitriles is 1. The molecule has 0 heterocycles. The highest BCUT2D eigenvalue weighted by molar-refractivity contribution is 6.33. The molecule has 94 valence electrons. The van der Waals surface area contributed by atoms with Gasteiger partial charge in [0.2, 0.25) is 0 Å². The maximum Gasteiger partial charge on any atom is 0.337 e. The molecule has 1 aliphatic carbocycles. The first-order chi connectivity index (χ1) is 8.56. The summed E-state index contributed by atoms with van der Waals surface area (Å²) in [4.78, 5) is 10.9. The van der Waals surface area contributed by atoms with Gasteiger partial charge in [-0.15, -0.1) is 0 Å². The van der Waals surface area contributed by atoms with Gasteiger partial charge < -0.3 is 9.84 Å². The summed E-state index contributed by atoms with van der Waals surface area (Å²) in [6.07, 6.45) is 2.45. The van der Waals surface area contributed by atoms with Crippen molar-refractivity contribution in [3.8, 4) is 11.8 Å². The summed E-state index contributed by atoms with van der Waals surface area (Å²) in [5.74, 6) is -0.607. The molecule has 0 amide bonds. The van der Waals surface area contributed by atoms with Gasteiger partial charge in [-0.05, 0) is 31.0 Å². The quantitative estimate of drug-likeness (QED) is 0.888. The van der Waals surface area contributed by atoms with Crippen LogP contribution < -0.4 is 4.74 Å². The highest BCUT2D eigenvalue weighted by Gasteiger charge is 2.43. The van der Waals surface area contributed by atoms with Crippen molar-refractivity contribution in [1.82, 2.24) is 0 Å². The Kier molecular flexibility index (Phi) is 3.44. The van der Waals surface area contributed by atoms with Gasteiger partial charge in [0.15, 0.2) is 0 Å². The first kappa shape index (κ1) is 12.7. The number of rotatable bonds is 5. The van der Waals surface area contributed by atoms with Crippen molar-refractivity contribution in [2.45, 2.75) is 19.3 Å². The van der Waals surface area contributed by atoms with E-state index in [2.05, 4.69) is 6.07 Å². The SMILES string of the molecule is N#CCC1(COc2ccc(Cl)c(C(=O)O)c2)CC1. The molecule has 1 aromatic carbocycles. The summed E-state index contributed by atoms with van der Waals surface area (Å²) in [7, 11) is 0. The molecule has 0 bridgehead atoms. The normalized spacial score (nSPS) is 15.8. The van der Waals surface area contributed by atoms with Gasteiger partial charge in [0.05, 0.1) is 23.3 Å². The molecule has 0 unspecified atom stereocenters. The Balaban J connectivity index is 2.05. The van der Waals surface area contributed by atoms with E-state index in [9.17, 15) is 4.79 Å². The maximum atomic E-state index is 10.9. The zero-order chi connectivity index (χ0) is 13.2. The molecular formula is C13H12ClNO3. The van der Waals surface area contributed by atoms with E-state index in [1.54, 1.807) is 6.07 Å². The minimum atomic E-state index is -1.08. The van der Waals surface area contributed by atoms with Crippen LogP contribution in [0.1, 0.15) is 29.6 Å². The molecule has 1 aliphatic rings. The Morgan fingerprint density at radius 2 is 2.28 bits per heavy atom. The summed E-state index contributed by atoms with van der Waals surface area (Å²) in [6.45, 7) is 0.446. The number of hydrogen-bond acceptors (Lipinski definition) is 3. The van der Waals surface area contributed by atoms with Crippen LogP contribution in [0.25, 0.3) is 0 Å². The van der Waals surface area contributed by atoms with Crippen molar-refractivity contribution in [2.75, 3.05) is 6.61 Å². The number of halogens is 1. The number of nitrogens with zero attached hydrogens (tertiary/aromatic N) is 1. The van der Waals surface area contributed by atoms with Crippen LogP contribution >= 0.6 is 11.6 Å². The van der Waals surface area contributed by atoms with E-state index in [1.165, 1.54) is 12.1 Å². The molecular weight excluding hydrogens is 254 g/mol. The summed E-state index contributed by atoms with van der Waals surface area (Å²) >= 11 is 5.76. The summed E-state index contributed by atoms with van der Waals surface area (Å²) in [5, 5.41) is 17.8. The minimum absolute atomic E-state index is 0.0271. The lowest BCUT2D eigenvalue weighted by Gasteiger charge is -2.13.